The van der Waals surface area contributed by atoms with E-state index in [0.717, 1.165) is 6.42 Å². The molecule has 0 atom stereocenters. The number of carboxylic acid groups (broad SMARTS) is 1. The van der Waals surface area contributed by atoms with Crippen molar-refractivity contribution < 1.29 is 24.2 Å². The van der Waals surface area contributed by atoms with Gasteiger partial charge in [0.2, 0.25) is 0 Å². The van der Waals surface area contributed by atoms with E-state index in [1.54, 1.807) is 24.3 Å². The quantitative estimate of drug-likeness (QED) is 0.603. The van der Waals surface area contributed by atoms with Crippen molar-refractivity contribution in [3.8, 4) is 11.5 Å². The number of carboxylic acids is 1. The molecule has 0 spiro atoms. The molecule has 5 nitrogen and oxygen atoms in total. The van der Waals surface area contributed by atoms with Gasteiger partial charge in [0.25, 0.3) is 0 Å². The van der Waals surface area contributed by atoms with Crippen LogP contribution in [0.4, 0.5) is 0 Å². The van der Waals surface area contributed by atoms with Crippen LogP contribution in [0.3, 0.4) is 0 Å². The summed E-state index contributed by atoms with van der Waals surface area (Å²) in [6.45, 7) is 2.57. The minimum absolute atomic E-state index is 0.103. The third-order valence-electron chi connectivity index (χ3n) is 2.92. The summed E-state index contributed by atoms with van der Waals surface area (Å²) in [4.78, 5) is 23.1. The van der Waals surface area contributed by atoms with Crippen LogP contribution in [0.2, 0.25) is 0 Å². The second-order valence-electron chi connectivity index (χ2n) is 4.72. The van der Waals surface area contributed by atoms with E-state index < -0.39 is 11.9 Å². The lowest BCUT2D eigenvalue weighted by Crippen LogP contribution is -2.09. The van der Waals surface area contributed by atoms with Gasteiger partial charge in [-0.15, -0.1) is 0 Å². The summed E-state index contributed by atoms with van der Waals surface area (Å²) in [6, 6.07) is 10.9. The third-order valence-corrected chi connectivity index (χ3v) is 3.54. The minimum Gasteiger partial charge on any atom is -0.494 e. The summed E-state index contributed by atoms with van der Waals surface area (Å²) < 4.78 is 11.2. The van der Waals surface area contributed by atoms with Crippen molar-refractivity contribution in [2.75, 3.05) is 6.61 Å². The normalized spacial score (nSPS) is 10.2. The number of aromatic carboxylic acids is 1. The van der Waals surface area contributed by atoms with Crippen LogP contribution in [-0.4, -0.2) is 23.7 Å². The van der Waals surface area contributed by atoms with Crippen LogP contribution < -0.4 is 9.47 Å². The van der Waals surface area contributed by atoms with Crippen LogP contribution in [-0.2, 0) is 0 Å². The van der Waals surface area contributed by atoms with Crippen molar-refractivity contribution >= 4 is 27.9 Å². The number of esters is 1. The second kappa shape index (κ2) is 7.78. The second-order valence-corrected chi connectivity index (χ2v) is 5.57. The SMILES string of the molecule is CCCOc1cccc(C(=O)Oc2ccc(C(=O)O)cc2Br)c1. The summed E-state index contributed by atoms with van der Waals surface area (Å²) in [7, 11) is 0. The van der Waals surface area contributed by atoms with Gasteiger partial charge in [-0.2, -0.15) is 0 Å². The molecule has 0 saturated heterocycles. The molecule has 0 bridgehead atoms. The Balaban J connectivity index is 2.14. The largest absolute Gasteiger partial charge is 0.494 e. The first kappa shape index (κ1) is 17.0. The van der Waals surface area contributed by atoms with Gasteiger partial charge in [0.15, 0.2) is 0 Å². The van der Waals surface area contributed by atoms with E-state index in [4.69, 9.17) is 14.6 Å². The molecule has 0 aliphatic carbocycles. The Labute approximate surface area is 142 Å². The highest BCUT2D eigenvalue weighted by molar-refractivity contribution is 9.10. The fraction of sp³-hybridized carbons (Fsp3) is 0.176. The van der Waals surface area contributed by atoms with Crippen molar-refractivity contribution in [2.45, 2.75) is 13.3 Å². The molecule has 2 aromatic carbocycles. The maximum absolute atomic E-state index is 12.2. The lowest BCUT2D eigenvalue weighted by atomic mass is 10.2. The van der Waals surface area contributed by atoms with Crippen LogP contribution in [0.15, 0.2) is 46.9 Å². The molecule has 0 aliphatic rings. The van der Waals surface area contributed by atoms with Crippen molar-refractivity contribution in [2.24, 2.45) is 0 Å². The van der Waals surface area contributed by atoms with Crippen molar-refractivity contribution in [3.63, 3.8) is 0 Å². The fourth-order valence-electron chi connectivity index (χ4n) is 1.81. The van der Waals surface area contributed by atoms with Gasteiger partial charge >= 0.3 is 11.9 Å². The van der Waals surface area contributed by atoms with Gasteiger partial charge in [0, 0.05) is 0 Å². The lowest BCUT2D eigenvalue weighted by Gasteiger charge is -2.09. The molecular weight excluding hydrogens is 364 g/mol. The highest BCUT2D eigenvalue weighted by Crippen LogP contribution is 2.27. The van der Waals surface area contributed by atoms with E-state index in [9.17, 15) is 9.59 Å². The highest BCUT2D eigenvalue weighted by Gasteiger charge is 2.13. The van der Waals surface area contributed by atoms with Gasteiger partial charge in [0.05, 0.1) is 22.2 Å². The maximum Gasteiger partial charge on any atom is 0.343 e. The lowest BCUT2D eigenvalue weighted by molar-refractivity contribution is 0.0696. The first-order valence-corrected chi connectivity index (χ1v) is 7.78. The van der Waals surface area contributed by atoms with E-state index in [1.165, 1.54) is 18.2 Å². The topological polar surface area (TPSA) is 72.8 Å². The van der Waals surface area contributed by atoms with E-state index in [0.29, 0.717) is 22.4 Å². The third kappa shape index (κ3) is 4.56. The molecule has 0 heterocycles. The number of hydrogen-bond donors (Lipinski definition) is 1. The van der Waals surface area contributed by atoms with Crippen LogP contribution >= 0.6 is 15.9 Å². The van der Waals surface area contributed by atoms with E-state index in [-0.39, 0.29) is 11.3 Å². The summed E-state index contributed by atoms with van der Waals surface area (Å²) in [6.07, 6.45) is 0.873. The van der Waals surface area contributed by atoms with Gasteiger partial charge in [-0.25, -0.2) is 9.59 Å². The summed E-state index contributed by atoms with van der Waals surface area (Å²) in [5.74, 6) is -0.749. The number of rotatable bonds is 6. The van der Waals surface area contributed by atoms with Crippen LogP contribution in [0.1, 0.15) is 34.1 Å². The zero-order valence-electron chi connectivity index (χ0n) is 12.4. The Morgan fingerprint density at radius 2 is 1.91 bits per heavy atom. The first-order valence-electron chi connectivity index (χ1n) is 6.99. The number of carbonyl (C=O) groups is 2. The van der Waals surface area contributed by atoms with Crippen molar-refractivity contribution in [1.82, 2.24) is 0 Å². The van der Waals surface area contributed by atoms with Crippen LogP contribution in [0, 0.1) is 0 Å². The molecule has 0 aliphatic heterocycles. The van der Waals surface area contributed by atoms with Gasteiger partial charge < -0.3 is 14.6 Å². The smallest absolute Gasteiger partial charge is 0.343 e. The average molecular weight is 379 g/mol. The zero-order chi connectivity index (χ0) is 16.8. The predicted molar refractivity (Wildman–Crippen MR) is 88.3 cm³/mol. The van der Waals surface area contributed by atoms with Gasteiger partial charge in [-0.3, -0.25) is 0 Å². The molecule has 0 fully saturated rings. The molecule has 2 aromatic rings. The van der Waals surface area contributed by atoms with E-state index >= 15 is 0 Å². The Morgan fingerprint density at radius 3 is 2.57 bits per heavy atom. The highest BCUT2D eigenvalue weighted by atomic mass is 79.9. The van der Waals surface area contributed by atoms with Gasteiger partial charge in [-0.05, 0) is 58.7 Å². The Bertz CT molecular complexity index is 727. The number of hydrogen-bond acceptors (Lipinski definition) is 4. The van der Waals surface area contributed by atoms with Crippen LogP contribution in [0.5, 0.6) is 11.5 Å². The summed E-state index contributed by atoms with van der Waals surface area (Å²) in [5.41, 5.74) is 0.458. The fourth-order valence-corrected chi connectivity index (χ4v) is 2.27. The van der Waals surface area contributed by atoms with Crippen molar-refractivity contribution in [1.29, 1.82) is 0 Å². The monoisotopic (exact) mass is 378 g/mol. The van der Waals surface area contributed by atoms with E-state index in [2.05, 4.69) is 15.9 Å². The number of benzene rings is 2. The molecule has 0 radical (unpaired) electrons. The molecule has 1 N–H and O–H groups in total. The van der Waals surface area contributed by atoms with E-state index in [1.807, 2.05) is 6.92 Å². The Morgan fingerprint density at radius 1 is 1.13 bits per heavy atom. The number of carbonyl (C=O) groups excluding carboxylic acids is 1. The van der Waals surface area contributed by atoms with Gasteiger partial charge in [0.1, 0.15) is 11.5 Å². The molecule has 120 valence electrons. The molecule has 23 heavy (non-hydrogen) atoms. The first-order chi connectivity index (χ1) is 11.0. The number of halogens is 1. The Kier molecular flexibility index (Phi) is 5.76. The van der Waals surface area contributed by atoms with Gasteiger partial charge in [-0.1, -0.05) is 13.0 Å². The Hall–Kier alpha value is -2.34. The van der Waals surface area contributed by atoms with Crippen molar-refractivity contribution in [3.05, 3.63) is 58.1 Å². The number of ether oxygens (including phenoxy) is 2. The molecule has 0 saturated carbocycles. The molecule has 0 unspecified atom stereocenters. The predicted octanol–water partition coefficient (Wildman–Crippen LogP) is 4.16. The molecule has 2 rings (SSSR count). The minimum atomic E-state index is -1.05. The molecular formula is C17H15BrO5. The molecule has 6 heteroatoms. The maximum atomic E-state index is 12.2. The van der Waals surface area contributed by atoms with Crippen LogP contribution in [0.25, 0.3) is 0 Å². The molecule has 0 amide bonds. The summed E-state index contributed by atoms with van der Waals surface area (Å²) >= 11 is 3.20. The molecule has 0 aromatic heterocycles. The summed E-state index contributed by atoms with van der Waals surface area (Å²) in [5, 5.41) is 8.92. The average Bonchev–Trinajstić information content (AvgIpc) is 2.54. The standard InChI is InChI=1S/C17H15BrO5/c1-2-8-22-13-5-3-4-12(9-13)17(21)23-15-7-6-11(16(19)20)10-14(15)18/h3-7,9-10H,2,8H2,1H3,(H,19,20). The zero-order valence-corrected chi connectivity index (χ0v) is 14.0.